The predicted molar refractivity (Wildman–Crippen MR) is 44.0 cm³/mol. The minimum absolute atomic E-state index is 0.0464. The van der Waals surface area contributed by atoms with Gasteiger partial charge >= 0.3 is 0 Å². The maximum Gasteiger partial charge on any atom is 0.0494 e. The first-order valence-corrected chi connectivity index (χ1v) is 3.81. The van der Waals surface area contributed by atoms with Gasteiger partial charge in [0.25, 0.3) is 0 Å². The average molecular weight is 145 g/mol. The highest BCUT2D eigenvalue weighted by Crippen LogP contribution is 2.14. The molecule has 62 valence electrons. The van der Waals surface area contributed by atoms with Gasteiger partial charge in [-0.2, -0.15) is 0 Å². The Morgan fingerprint density at radius 1 is 1.40 bits per heavy atom. The van der Waals surface area contributed by atoms with Crippen LogP contribution in [0.3, 0.4) is 0 Å². The van der Waals surface area contributed by atoms with Crippen molar-refractivity contribution in [2.24, 2.45) is 5.41 Å². The van der Waals surface area contributed by atoms with E-state index in [4.69, 9.17) is 5.11 Å². The van der Waals surface area contributed by atoms with Gasteiger partial charge in [-0.15, -0.1) is 0 Å². The van der Waals surface area contributed by atoms with E-state index in [0.29, 0.717) is 0 Å². The van der Waals surface area contributed by atoms with Gasteiger partial charge in [0.15, 0.2) is 0 Å². The van der Waals surface area contributed by atoms with Gasteiger partial charge in [0.1, 0.15) is 0 Å². The highest BCUT2D eigenvalue weighted by molar-refractivity contribution is 4.70. The summed E-state index contributed by atoms with van der Waals surface area (Å²) in [6.07, 6.45) is 0. The summed E-state index contributed by atoms with van der Waals surface area (Å²) in [6.45, 7) is 8.52. The fraction of sp³-hybridized carbons (Fsp3) is 1.00. The van der Waals surface area contributed by atoms with Crippen LogP contribution in [0.15, 0.2) is 0 Å². The van der Waals surface area contributed by atoms with Crippen LogP contribution in [0.25, 0.3) is 0 Å². The van der Waals surface area contributed by atoms with E-state index >= 15 is 0 Å². The summed E-state index contributed by atoms with van der Waals surface area (Å²) in [5.74, 6) is 0. The molecule has 2 heteroatoms. The third-order valence-electron chi connectivity index (χ3n) is 1.67. The van der Waals surface area contributed by atoms with Gasteiger partial charge in [0, 0.05) is 18.6 Å². The molecule has 2 nitrogen and oxygen atoms in total. The van der Waals surface area contributed by atoms with E-state index < -0.39 is 0 Å². The van der Waals surface area contributed by atoms with Gasteiger partial charge in [-0.1, -0.05) is 20.8 Å². The predicted octanol–water partition coefficient (Wildman–Crippen LogP) is 0.957. The van der Waals surface area contributed by atoms with Crippen molar-refractivity contribution in [3.05, 3.63) is 0 Å². The first-order chi connectivity index (χ1) is 4.52. The van der Waals surface area contributed by atoms with E-state index in [2.05, 4.69) is 32.7 Å². The lowest BCUT2D eigenvalue weighted by atomic mass is 9.94. The van der Waals surface area contributed by atoms with Crippen LogP contribution in [0.1, 0.15) is 20.8 Å². The Morgan fingerprint density at radius 2 is 1.90 bits per heavy atom. The first kappa shape index (κ1) is 9.92. The van der Waals surface area contributed by atoms with Gasteiger partial charge < -0.3 is 10.0 Å². The second-order valence-corrected chi connectivity index (χ2v) is 3.65. The van der Waals surface area contributed by atoms with Crippen molar-refractivity contribution in [1.29, 1.82) is 0 Å². The van der Waals surface area contributed by atoms with Crippen molar-refractivity contribution in [3.8, 4) is 0 Å². The fourth-order valence-electron chi connectivity index (χ4n) is 0.892. The molecule has 0 bridgehead atoms. The molecule has 0 fully saturated rings. The van der Waals surface area contributed by atoms with Crippen molar-refractivity contribution in [2.75, 3.05) is 26.7 Å². The number of nitrogens with zero attached hydrogens (tertiary/aromatic N) is 1. The second-order valence-electron chi connectivity index (χ2n) is 3.65. The molecule has 0 rings (SSSR count). The van der Waals surface area contributed by atoms with Crippen LogP contribution in [0, 0.1) is 5.41 Å². The van der Waals surface area contributed by atoms with E-state index in [1.807, 2.05) is 0 Å². The summed E-state index contributed by atoms with van der Waals surface area (Å²) < 4.78 is 0. The molecule has 0 aliphatic heterocycles. The number of hydrogen-bond acceptors (Lipinski definition) is 2. The van der Waals surface area contributed by atoms with Crippen LogP contribution in [0.4, 0.5) is 0 Å². The zero-order valence-electron chi connectivity index (χ0n) is 7.52. The van der Waals surface area contributed by atoms with Gasteiger partial charge in [0.05, 0.1) is 0 Å². The van der Waals surface area contributed by atoms with Crippen LogP contribution in [0.5, 0.6) is 0 Å². The fourth-order valence-corrected chi connectivity index (χ4v) is 0.892. The highest BCUT2D eigenvalue weighted by atomic mass is 16.3. The summed E-state index contributed by atoms with van der Waals surface area (Å²) in [5.41, 5.74) is 0.0464. The molecule has 0 aromatic carbocycles. The Morgan fingerprint density at radius 3 is 2.20 bits per heavy atom. The maximum absolute atomic E-state index is 8.91. The molecule has 0 unspecified atom stereocenters. The Hall–Kier alpha value is -0.0800. The molecule has 0 amide bonds. The summed E-state index contributed by atoms with van der Waals surface area (Å²) in [7, 11) is 2.07. The Bertz CT molecular complexity index is 91.3. The Kier molecular flexibility index (Phi) is 3.91. The normalized spacial score (nSPS) is 12.6. The lowest BCUT2D eigenvalue weighted by molar-refractivity contribution is 0.118. The number of aliphatic hydroxyl groups is 1. The molecule has 0 saturated heterocycles. The van der Waals surface area contributed by atoms with Gasteiger partial charge in [-0.25, -0.2) is 0 Å². The van der Waals surface area contributed by atoms with Crippen molar-refractivity contribution in [1.82, 2.24) is 4.90 Å². The van der Waals surface area contributed by atoms with Gasteiger partial charge in [-0.3, -0.25) is 0 Å². The third-order valence-corrected chi connectivity index (χ3v) is 1.67. The largest absolute Gasteiger partial charge is 0.396 e. The molecule has 10 heavy (non-hydrogen) atoms. The summed E-state index contributed by atoms with van der Waals surface area (Å²) >= 11 is 0. The summed E-state index contributed by atoms with van der Waals surface area (Å²) in [4.78, 5) is 2.20. The van der Waals surface area contributed by atoms with E-state index in [1.165, 1.54) is 0 Å². The average Bonchev–Trinajstić information content (AvgIpc) is 1.87. The zero-order chi connectivity index (χ0) is 8.20. The maximum atomic E-state index is 8.91. The SMILES string of the molecule is CCN(C)CC(C)(C)CO. The molecule has 0 aliphatic carbocycles. The molecule has 0 aromatic rings. The van der Waals surface area contributed by atoms with Gasteiger partial charge in [-0.05, 0) is 13.6 Å². The van der Waals surface area contributed by atoms with Crippen molar-refractivity contribution in [2.45, 2.75) is 20.8 Å². The quantitative estimate of drug-likeness (QED) is 0.637. The van der Waals surface area contributed by atoms with Crippen LogP contribution in [-0.2, 0) is 0 Å². The molecular weight excluding hydrogens is 126 g/mol. The van der Waals surface area contributed by atoms with E-state index in [9.17, 15) is 0 Å². The highest BCUT2D eigenvalue weighted by Gasteiger charge is 2.17. The zero-order valence-corrected chi connectivity index (χ0v) is 7.52. The smallest absolute Gasteiger partial charge is 0.0494 e. The lowest BCUT2D eigenvalue weighted by Gasteiger charge is -2.27. The van der Waals surface area contributed by atoms with Crippen LogP contribution in [-0.4, -0.2) is 36.8 Å². The van der Waals surface area contributed by atoms with Crippen molar-refractivity contribution in [3.63, 3.8) is 0 Å². The number of rotatable bonds is 4. The summed E-state index contributed by atoms with van der Waals surface area (Å²) in [5, 5.41) is 8.91. The standard InChI is InChI=1S/C8H19NO/c1-5-9(4)6-8(2,3)7-10/h10H,5-7H2,1-4H3. The minimum Gasteiger partial charge on any atom is -0.396 e. The third kappa shape index (κ3) is 3.85. The molecule has 0 aromatic heterocycles. The second kappa shape index (κ2) is 3.94. The van der Waals surface area contributed by atoms with Gasteiger partial charge in [0.2, 0.25) is 0 Å². The molecule has 0 spiro atoms. The molecule has 0 aliphatic rings. The lowest BCUT2D eigenvalue weighted by Crippen LogP contribution is -2.33. The van der Waals surface area contributed by atoms with Crippen molar-refractivity contribution >= 4 is 0 Å². The van der Waals surface area contributed by atoms with Crippen molar-refractivity contribution < 1.29 is 5.11 Å². The minimum atomic E-state index is 0.0464. The molecule has 1 N–H and O–H groups in total. The van der Waals surface area contributed by atoms with E-state index in [-0.39, 0.29) is 12.0 Å². The Balaban J connectivity index is 3.64. The van der Waals surface area contributed by atoms with Crippen LogP contribution >= 0.6 is 0 Å². The molecule has 0 heterocycles. The van der Waals surface area contributed by atoms with Crippen LogP contribution in [0.2, 0.25) is 0 Å². The number of hydrogen-bond donors (Lipinski definition) is 1. The van der Waals surface area contributed by atoms with E-state index in [1.54, 1.807) is 0 Å². The molecule has 0 radical (unpaired) electrons. The summed E-state index contributed by atoms with van der Waals surface area (Å²) in [6, 6.07) is 0. The molecule has 0 saturated carbocycles. The monoisotopic (exact) mass is 145 g/mol. The molecular formula is C8H19NO. The van der Waals surface area contributed by atoms with E-state index in [0.717, 1.165) is 13.1 Å². The topological polar surface area (TPSA) is 23.5 Å². The molecule has 0 atom stereocenters. The van der Waals surface area contributed by atoms with Crippen LogP contribution < -0.4 is 0 Å². The Labute approximate surface area is 63.8 Å². The first-order valence-electron chi connectivity index (χ1n) is 3.81. The number of aliphatic hydroxyl groups excluding tert-OH is 1.